The van der Waals surface area contributed by atoms with Gasteiger partial charge in [0.25, 0.3) is 0 Å². The summed E-state index contributed by atoms with van der Waals surface area (Å²) in [6, 6.07) is 67.3. The number of anilines is 3. The van der Waals surface area contributed by atoms with Crippen LogP contribution in [0.15, 0.2) is 194 Å². The van der Waals surface area contributed by atoms with E-state index in [0.29, 0.717) is 0 Å². The Bertz CT molecular complexity index is 3050. The predicted octanol–water partition coefficient (Wildman–Crippen LogP) is 13.2. The van der Waals surface area contributed by atoms with E-state index in [2.05, 4.69) is 179 Å². The summed E-state index contributed by atoms with van der Waals surface area (Å²) in [7, 11) is 0. The first kappa shape index (κ1) is 30.3. The van der Waals surface area contributed by atoms with Crippen LogP contribution in [0.1, 0.15) is 0 Å². The van der Waals surface area contributed by atoms with Crippen molar-refractivity contribution in [2.45, 2.75) is 0 Å². The summed E-state index contributed by atoms with van der Waals surface area (Å²) in [5.74, 6) is 0.828. The largest absolute Gasteiger partial charge is 0.309 e. The third-order valence-corrected chi connectivity index (χ3v) is 10.8. The molecule has 11 rings (SSSR count). The molecule has 252 valence electrons. The standard InChI is InChI=1S/C50H32N4/c1-2-16-37(17-3-1)53-45-24-11-9-21-41(45)50-46(53)27-28-47-49(50)40-20-7-6-18-38(40)39-19-8-10-23-44(39)54(47)48-32-36(31-43(52-48)42-22-12-13-29-51-42)35-26-25-33-14-4-5-15-34(33)30-35/h1-32H. The number of rotatable bonds is 4. The van der Waals surface area contributed by atoms with Gasteiger partial charge in [-0.15, -0.1) is 0 Å². The number of fused-ring (bicyclic) bond motifs is 10. The van der Waals surface area contributed by atoms with Crippen LogP contribution in [0.2, 0.25) is 0 Å². The van der Waals surface area contributed by atoms with E-state index >= 15 is 0 Å². The van der Waals surface area contributed by atoms with Crippen LogP contribution in [0, 0.1) is 0 Å². The lowest BCUT2D eigenvalue weighted by Gasteiger charge is -2.27. The lowest BCUT2D eigenvalue weighted by molar-refractivity contribution is 1.17. The van der Waals surface area contributed by atoms with Crippen LogP contribution < -0.4 is 4.90 Å². The van der Waals surface area contributed by atoms with Gasteiger partial charge in [-0.05, 0) is 99.8 Å². The van der Waals surface area contributed by atoms with Gasteiger partial charge in [-0.1, -0.05) is 121 Å². The molecule has 0 unspecified atom stereocenters. The van der Waals surface area contributed by atoms with E-state index < -0.39 is 0 Å². The van der Waals surface area contributed by atoms with Crippen molar-refractivity contribution in [3.8, 4) is 50.5 Å². The zero-order valence-electron chi connectivity index (χ0n) is 29.3. The number of hydrogen-bond acceptors (Lipinski definition) is 3. The van der Waals surface area contributed by atoms with Gasteiger partial charge in [0.1, 0.15) is 5.82 Å². The second-order valence-electron chi connectivity index (χ2n) is 13.8. The minimum atomic E-state index is 0.818. The van der Waals surface area contributed by atoms with E-state index in [1.165, 1.54) is 43.8 Å². The molecule has 0 aliphatic carbocycles. The fourth-order valence-corrected chi connectivity index (χ4v) is 8.38. The van der Waals surface area contributed by atoms with Crippen molar-refractivity contribution in [1.82, 2.24) is 14.5 Å². The molecule has 54 heavy (non-hydrogen) atoms. The normalized spacial score (nSPS) is 12.0. The lowest BCUT2D eigenvalue weighted by atomic mass is 9.92. The first-order valence-corrected chi connectivity index (χ1v) is 18.3. The van der Waals surface area contributed by atoms with Crippen LogP contribution in [0.5, 0.6) is 0 Å². The van der Waals surface area contributed by atoms with Gasteiger partial charge in [-0.2, -0.15) is 0 Å². The van der Waals surface area contributed by atoms with Crippen LogP contribution in [-0.4, -0.2) is 14.5 Å². The van der Waals surface area contributed by atoms with Crippen LogP contribution in [0.4, 0.5) is 17.2 Å². The average molecular weight is 689 g/mol. The number of pyridine rings is 2. The van der Waals surface area contributed by atoms with Crippen molar-refractivity contribution in [3.05, 3.63) is 194 Å². The van der Waals surface area contributed by atoms with Crippen molar-refractivity contribution in [1.29, 1.82) is 0 Å². The topological polar surface area (TPSA) is 34.0 Å². The van der Waals surface area contributed by atoms with E-state index in [1.54, 1.807) is 0 Å². The van der Waals surface area contributed by atoms with Gasteiger partial charge >= 0.3 is 0 Å². The molecule has 0 atom stereocenters. The molecule has 0 fully saturated rings. The molecule has 10 aromatic rings. The number of benzene rings is 7. The van der Waals surface area contributed by atoms with Gasteiger partial charge in [-0.25, -0.2) is 4.98 Å². The maximum absolute atomic E-state index is 5.47. The molecule has 1 aliphatic rings. The molecule has 4 heterocycles. The third kappa shape index (κ3) is 4.70. The Hall–Kier alpha value is -7.30. The summed E-state index contributed by atoms with van der Waals surface area (Å²) >= 11 is 0. The van der Waals surface area contributed by atoms with E-state index in [4.69, 9.17) is 9.97 Å². The number of aromatic nitrogens is 3. The van der Waals surface area contributed by atoms with Gasteiger partial charge < -0.3 is 4.57 Å². The molecule has 0 N–H and O–H groups in total. The van der Waals surface area contributed by atoms with Gasteiger partial charge in [-0.3, -0.25) is 9.88 Å². The van der Waals surface area contributed by atoms with Crippen LogP contribution in [0.3, 0.4) is 0 Å². The van der Waals surface area contributed by atoms with Gasteiger partial charge in [0.05, 0.1) is 33.8 Å². The maximum atomic E-state index is 5.47. The minimum Gasteiger partial charge on any atom is -0.309 e. The quantitative estimate of drug-likeness (QED) is 0.185. The van der Waals surface area contributed by atoms with E-state index in [1.807, 2.05) is 24.4 Å². The van der Waals surface area contributed by atoms with Crippen molar-refractivity contribution in [3.63, 3.8) is 0 Å². The van der Waals surface area contributed by atoms with Crippen LogP contribution in [0.25, 0.3) is 83.0 Å². The zero-order chi connectivity index (χ0) is 35.6. The molecule has 0 bridgehead atoms. The zero-order valence-corrected chi connectivity index (χ0v) is 29.3. The highest BCUT2D eigenvalue weighted by molar-refractivity contribution is 6.21. The summed E-state index contributed by atoms with van der Waals surface area (Å²) in [6.07, 6.45) is 1.84. The Balaban J connectivity index is 1.26. The van der Waals surface area contributed by atoms with Crippen molar-refractivity contribution < 1.29 is 0 Å². The molecule has 4 nitrogen and oxygen atoms in total. The second-order valence-corrected chi connectivity index (χ2v) is 13.8. The van der Waals surface area contributed by atoms with Gasteiger partial charge in [0.15, 0.2) is 0 Å². The number of para-hydroxylation sites is 3. The van der Waals surface area contributed by atoms with Crippen molar-refractivity contribution >= 4 is 49.8 Å². The molecule has 0 spiro atoms. The van der Waals surface area contributed by atoms with Gasteiger partial charge in [0.2, 0.25) is 0 Å². The highest BCUT2D eigenvalue weighted by atomic mass is 15.2. The van der Waals surface area contributed by atoms with E-state index in [9.17, 15) is 0 Å². The summed E-state index contributed by atoms with van der Waals surface area (Å²) in [5.41, 5.74) is 14.2. The van der Waals surface area contributed by atoms with Gasteiger partial charge in [0, 0.05) is 33.8 Å². The Labute approximate surface area is 312 Å². The fraction of sp³-hybridized carbons (Fsp3) is 0. The number of nitrogens with zero attached hydrogens (tertiary/aromatic N) is 4. The summed E-state index contributed by atoms with van der Waals surface area (Å²) < 4.78 is 2.40. The predicted molar refractivity (Wildman–Crippen MR) is 224 cm³/mol. The highest BCUT2D eigenvalue weighted by Crippen LogP contribution is 2.54. The monoisotopic (exact) mass is 688 g/mol. The van der Waals surface area contributed by atoms with Crippen LogP contribution >= 0.6 is 0 Å². The molecule has 0 saturated carbocycles. The molecular formula is C50H32N4. The van der Waals surface area contributed by atoms with E-state index in [-0.39, 0.29) is 0 Å². The summed E-state index contributed by atoms with van der Waals surface area (Å²) in [5, 5.41) is 4.84. The molecule has 3 aromatic heterocycles. The summed E-state index contributed by atoms with van der Waals surface area (Å²) in [6.45, 7) is 0. The lowest BCUT2D eigenvalue weighted by Crippen LogP contribution is -2.13. The molecule has 0 amide bonds. The minimum absolute atomic E-state index is 0.818. The SMILES string of the molecule is c1ccc(-n2c3ccccc3c3c4c(ccc32)N(c2cc(-c3ccc5ccccc5c3)cc(-c3ccccn3)n2)c2ccccc2-c2ccccc2-4)cc1. The Morgan fingerprint density at radius 2 is 1.17 bits per heavy atom. The van der Waals surface area contributed by atoms with E-state index in [0.717, 1.165) is 56.5 Å². The Kier molecular flexibility index (Phi) is 6.82. The van der Waals surface area contributed by atoms with Crippen molar-refractivity contribution in [2.24, 2.45) is 0 Å². The highest BCUT2D eigenvalue weighted by Gasteiger charge is 2.30. The third-order valence-electron chi connectivity index (χ3n) is 10.8. The van der Waals surface area contributed by atoms with Crippen LogP contribution in [-0.2, 0) is 0 Å². The maximum Gasteiger partial charge on any atom is 0.138 e. The first-order valence-electron chi connectivity index (χ1n) is 18.3. The molecule has 0 saturated heterocycles. The Morgan fingerprint density at radius 1 is 0.426 bits per heavy atom. The first-order chi connectivity index (χ1) is 26.8. The fourth-order valence-electron chi connectivity index (χ4n) is 8.38. The molecule has 7 aromatic carbocycles. The second kappa shape index (κ2) is 12.1. The Morgan fingerprint density at radius 3 is 2.04 bits per heavy atom. The van der Waals surface area contributed by atoms with Crippen molar-refractivity contribution in [2.75, 3.05) is 4.90 Å². The number of hydrogen-bond donors (Lipinski definition) is 0. The molecule has 4 heteroatoms. The smallest absolute Gasteiger partial charge is 0.138 e. The average Bonchev–Trinajstić information content (AvgIpc) is 3.52. The molecule has 1 aliphatic heterocycles. The molecule has 0 radical (unpaired) electrons. The summed E-state index contributed by atoms with van der Waals surface area (Å²) in [4.78, 5) is 12.6. The molecular weight excluding hydrogens is 657 g/mol.